The van der Waals surface area contributed by atoms with Gasteiger partial charge in [-0.3, -0.25) is 4.68 Å². The molecule has 1 saturated heterocycles. The van der Waals surface area contributed by atoms with E-state index in [9.17, 15) is 4.79 Å². The van der Waals surface area contributed by atoms with E-state index in [1.54, 1.807) is 4.68 Å². The molecule has 21 heavy (non-hydrogen) atoms. The smallest absolute Gasteiger partial charge is 0.357 e. The van der Waals surface area contributed by atoms with Gasteiger partial charge < -0.3 is 14.4 Å². The van der Waals surface area contributed by atoms with Gasteiger partial charge in [0.15, 0.2) is 5.69 Å². The highest BCUT2D eigenvalue weighted by Gasteiger charge is 2.42. The minimum absolute atomic E-state index is 0.0287. The minimum atomic E-state index is -1.08. The number of hydrogen-bond donors (Lipinski definition) is 1. The Labute approximate surface area is 122 Å². The lowest BCUT2D eigenvalue weighted by atomic mass is 9.79. The second kappa shape index (κ2) is 4.61. The van der Waals surface area contributed by atoms with Crippen LogP contribution in [0.3, 0.4) is 0 Å². The first-order valence-electron chi connectivity index (χ1n) is 6.79. The first kappa shape index (κ1) is 13.7. The number of carbonyl (C=O) groups is 1. The van der Waals surface area contributed by atoms with Crippen LogP contribution in [0.1, 0.15) is 35.8 Å². The van der Waals surface area contributed by atoms with E-state index in [1.165, 1.54) is 11.8 Å². The molecule has 7 heteroatoms. The molecule has 3 rings (SSSR count). The number of rotatable bonds is 3. The average Bonchev–Trinajstić information content (AvgIpc) is 3.06. The zero-order chi connectivity index (χ0) is 15.2. The van der Waals surface area contributed by atoms with Crippen molar-refractivity contribution in [2.24, 2.45) is 12.5 Å². The van der Waals surface area contributed by atoms with Crippen molar-refractivity contribution in [2.45, 2.75) is 19.8 Å². The van der Waals surface area contributed by atoms with E-state index >= 15 is 0 Å². The molecule has 2 aromatic heterocycles. The van der Waals surface area contributed by atoms with Gasteiger partial charge in [0.25, 0.3) is 6.01 Å². The summed E-state index contributed by atoms with van der Waals surface area (Å²) in [5.74, 6) is -0.779. The molecule has 0 aliphatic carbocycles. The Hall–Kier alpha value is -2.31. The van der Waals surface area contributed by atoms with Crippen LogP contribution in [0, 0.1) is 5.41 Å². The van der Waals surface area contributed by atoms with Crippen LogP contribution in [0.4, 0.5) is 6.01 Å². The quantitative estimate of drug-likeness (QED) is 0.926. The van der Waals surface area contributed by atoms with Gasteiger partial charge in [-0.15, -0.1) is 0 Å². The van der Waals surface area contributed by atoms with Crippen molar-refractivity contribution in [3.63, 3.8) is 0 Å². The summed E-state index contributed by atoms with van der Waals surface area (Å²) < 4.78 is 7.10. The van der Waals surface area contributed by atoms with Crippen LogP contribution in [0.5, 0.6) is 0 Å². The van der Waals surface area contributed by atoms with Crippen LogP contribution < -0.4 is 4.90 Å². The highest BCUT2D eigenvalue weighted by atomic mass is 16.4. The number of carboxylic acid groups (broad SMARTS) is 1. The second-order valence-corrected chi connectivity index (χ2v) is 6.19. The molecule has 112 valence electrons. The van der Waals surface area contributed by atoms with Gasteiger partial charge in [-0.2, -0.15) is 10.1 Å². The number of aryl methyl sites for hydroxylation is 1. The molecule has 0 saturated carbocycles. The molecule has 1 fully saturated rings. The predicted molar refractivity (Wildman–Crippen MR) is 75.4 cm³/mol. The molecule has 0 aromatic carbocycles. The fourth-order valence-corrected chi connectivity index (χ4v) is 2.96. The molecule has 3 heterocycles. The Kier molecular flexibility index (Phi) is 3.00. The van der Waals surface area contributed by atoms with E-state index in [-0.39, 0.29) is 11.1 Å². The zero-order valence-corrected chi connectivity index (χ0v) is 12.3. The van der Waals surface area contributed by atoms with E-state index < -0.39 is 5.97 Å². The fourth-order valence-electron chi connectivity index (χ4n) is 2.96. The molecule has 7 nitrogen and oxygen atoms in total. The Bertz CT molecular complexity index is 673. The number of nitrogens with zero attached hydrogens (tertiary/aromatic N) is 4. The molecular weight excluding hydrogens is 272 g/mol. The third-order valence-corrected chi connectivity index (χ3v) is 4.05. The van der Waals surface area contributed by atoms with Crippen LogP contribution in [-0.4, -0.2) is 38.9 Å². The van der Waals surface area contributed by atoms with Gasteiger partial charge in [0, 0.05) is 32.3 Å². The molecule has 0 radical (unpaired) electrons. The highest BCUT2D eigenvalue weighted by Crippen LogP contribution is 2.43. The van der Waals surface area contributed by atoms with Crippen LogP contribution in [0.25, 0.3) is 0 Å². The Morgan fingerprint density at radius 2 is 2.29 bits per heavy atom. The van der Waals surface area contributed by atoms with Crippen LogP contribution in [0.2, 0.25) is 0 Å². The third kappa shape index (κ3) is 2.39. The average molecular weight is 290 g/mol. The summed E-state index contributed by atoms with van der Waals surface area (Å²) in [7, 11) is 1.90. The van der Waals surface area contributed by atoms with Crippen molar-refractivity contribution in [1.82, 2.24) is 14.8 Å². The van der Waals surface area contributed by atoms with Crippen molar-refractivity contribution in [3.8, 4) is 0 Å². The van der Waals surface area contributed by atoms with Gasteiger partial charge in [0.05, 0.1) is 6.20 Å². The fraction of sp³-hybridized carbons (Fsp3) is 0.500. The van der Waals surface area contributed by atoms with Crippen molar-refractivity contribution >= 4 is 12.0 Å². The molecule has 0 bridgehead atoms. The lowest BCUT2D eigenvalue weighted by Crippen LogP contribution is -2.23. The minimum Gasteiger partial charge on any atom is -0.476 e. The molecule has 1 aliphatic heterocycles. The number of carboxylic acids is 1. The number of anilines is 1. The summed E-state index contributed by atoms with van der Waals surface area (Å²) in [5.41, 5.74) is 1.14. The standard InChI is InChI=1S/C14H18N4O3/c1-14(2)8-18(13-16-11(7-21-13)12(19)20)6-10(14)9-4-15-17(3)5-9/h4-5,7,10H,6,8H2,1-3H3,(H,19,20). The maximum absolute atomic E-state index is 10.9. The molecular formula is C14H18N4O3. The van der Waals surface area contributed by atoms with Crippen LogP contribution in [-0.2, 0) is 7.05 Å². The summed E-state index contributed by atoms with van der Waals surface area (Å²) >= 11 is 0. The molecule has 1 unspecified atom stereocenters. The predicted octanol–water partition coefficient (Wildman–Crippen LogP) is 1.74. The topological polar surface area (TPSA) is 84.4 Å². The van der Waals surface area contributed by atoms with Crippen molar-refractivity contribution in [3.05, 3.63) is 29.9 Å². The summed E-state index contributed by atoms with van der Waals surface area (Å²) in [6, 6.07) is 0.367. The lowest BCUT2D eigenvalue weighted by molar-refractivity contribution is 0.0690. The van der Waals surface area contributed by atoms with Crippen molar-refractivity contribution in [2.75, 3.05) is 18.0 Å². The maximum atomic E-state index is 10.9. The van der Waals surface area contributed by atoms with Gasteiger partial charge in [-0.1, -0.05) is 13.8 Å². The normalized spacial score (nSPS) is 20.9. The number of aromatic nitrogens is 3. The molecule has 1 aliphatic rings. The largest absolute Gasteiger partial charge is 0.476 e. The molecule has 2 aromatic rings. The third-order valence-electron chi connectivity index (χ3n) is 4.05. The van der Waals surface area contributed by atoms with E-state index in [1.807, 2.05) is 24.3 Å². The van der Waals surface area contributed by atoms with Gasteiger partial charge in [0.1, 0.15) is 6.26 Å². The Morgan fingerprint density at radius 1 is 1.52 bits per heavy atom. The molecule has 1 atom stereocenters. The van der Waals surface area contributed by atoms with Gasteiger partial charge in [-0.05, 0) is 11.0 Å². The Balaban J connectivity index is 1.85. The van der Waals surface area contributed by atoms with Gasteiger partial charge >= 0.3 is 5.97 Å². The SMILES string of the molecule is Cn1cc(C2CN(c3nc(C(=O)O)co3)CC2(C)C)cn1. The monoisotopic (exact) mass is 290 g/mol. The molecule has 1 N–H and O–H groups in total. The highest BCUT2D eigenvalue weighted by molar-refractivity contribution is 5.85. The van der Waals surface area contributed by atoms with E-state index in [4.69, 9.17) is 9.52 Å². The number of aromatic carboxylic acids is 1. The molecule has 0 spiro atoms. The second-order valence-electron chi connectivity index (χ2n) is 6.19. The van der Waals surface area contributed by atoms with Crippen LogP contribution in [0.15, 0.2) is 23.1 Å². The van der Waals surface area contributed by atoms with Crippen LogP contribution >= 0.6 is 0 Å². The first-order valence-corrected chi connectivity index (χ1v) is 6.79. The summed E-state index contributed by atoms with van der Waals surface area (Å²) in [6.07, 6.45) is 5.09. The van der Waals surface area contributed by atoms with Crippen molar-refractivity contribution < 1.29 is 14.3 Å². The summed E-state index contributed by atoms with van der Waals surface area (Å²) in [4.78, 5) is 16.9. The summed E-state index contributed by atoms with van der Waals surface area (Å²) in [6.45, 7) is 5.86. The zero-order valence-electron chi connectivity index (χ0n) is 12.3. The van der Waals surface area contributed by atoms with Gasteiger partial charge in [-0.25, -0.2) is 4.79 Å². The van der Waals surface area contributed by atoms with Gasteiger partial charge in [0.2, 0.25) is 0 Å². The Morgan fingerprint density at radius 3 is 2.86 bits per heavy atom. The lowest BCUT2D eigenvalue weighted by Gasteiger charge is -2.24. The summed E-state index contributed by atoms with van der Waals surface area (Å²) in [5, 5.41) is 13.2. The van der Waals surface area contributed by atoms with E-state index in [0.717, 1.165) is 13.1 Å². The number of oxazole rings is 1. The number of hydrogen-bond acceptors (Lipinski definition) is 5. The van der Waals surface area contributed by atoms with E-state index in [2.05, 4.69) is 23.9 Å². The maximum Gasteiger partial charge on any atom is 0.357 e. The van der Waals surface area contributed by atoms with E-state index in [0.29, 0.717) is 11.9 Å². The van der Waals surface area contributed by atoms with Crippen molar-refractivity contribution in [1.29, 1.82) is 0 Å². The first-order chi connectivity index (χ1) is 9.87. The molecule has 0 amide bonds.